The van der Waals surface area contributed by atoms with Crippen LogP contribution >= 0.6 is 0 Å². The Labute approximate surface area is 94.8 Å². The maximum atomic E-state index is 10.4. The van der Waals surface area contributed by atoms with Crippen LogP contribution in [0, 0.1) is 10.1 Å². The van der Waals surface area contributed by atoms with E-state index in [1.54, 1.807) is 12.1 Å². The third-order valence-electron chi connectivity index (χ3n) is 2.01. The molecular weight excluding hydrogens is 208 g/mol. The molecule has 5 nitrogen and oxygen atoms in total. The van der Waals surface area contributed by atoms with Gasteiger partial charge in [-0.1, -0.05) is 0 Å². The highest BCUT2D eigenvalue weighted by Crippen LogP contribution is 2.18. The van der Waals surface area contributed by atoms with E-state index >= 15 is 0 Å². The van der Waals surface area contributed by atoms with E-state index in [1.165, 1.54) is 12.1 Å². The van der Waals surface area contributed by atoms with Crippen LogP contribution in [0.2, 0.25) is 0 Å². The molecule has 0 aliphatic carbocycles. The predicted molar refractivity (Wildman–Crippen MR) is 61.7 cm³/mol. The molecular formula is C11H16N2O3. The normalized spacial score (nSPS) is 12.5. The average Bonchev–Trinajstić information content (AvgIpc) is 2.16. The van der Waals surface area contributed by atoms with Crippen LogP contribution in [-0.4, -0.2) is 36.6 Å². The zero-order chi connectivity index (χ0) is 12.1. The predicted octanol–water partition coefficient (Wildman–Crippen LogP) is 1.92. The molecule has 1 aromatic carbocycles. The fourth-order valence-electron chi connectivity index (χ4n) is 1.43. The summed E-state index contributed by atoms with van der Waals surface area (Å²) in [5.74, 6) is 0.653. The molecule has 1 unspecified atom stereocenters. The van der Waals surface area contributed by atoms with E-state index in [9.17, 15) is 10.1 Å². The lowest BCUT2D eigenvalue weighted by Gasteiger charge is -2.18. The maximum Gasteiger partial charge on any atom is 0.269 e. The van der Waals surface area contributed by atoms with Gasteiger partial charge in [0.15, 0.2) is 0 Å². The van der Waals surface area contributed by atoms with Gasteiger partial charge in [-0.25, -0.2) is 0 Å². The van der Waals surface area contributed by atoms with Gasteiger partial charge < -0.3 is 9.64 Å². The van der Waals surface area contributed by atoms with Crippen molar-refractivity contribution in [2.24, 2.45) is 0 Å². The summed E-state index contributed by atoms with van der Waals surface area (Å²) in [6, 6.07) is 6.12. The zero-order valence-electron chi connectivity index (χ0n) is 9.71. The molecule has 0 N–H and O–H groups in total. The summed E-state index contributed by atoms with van der Waals surface area (Å²) in [4.78, 5) is 12.0. The van der Waals surface area contributed by atoms with Crippen molar-refractivity contribution in [3.8, 4) is 5.75 Å². The van der Waals surface area contributed by atoms with E-state index in [4.69, 9.17) is 4.74 Å². The number of nitrogens with zero attached hydrogens (tertiary/aromatic N) is 2. The molecule has 88 valence electrons. The monoisotopic (exact) mass is 224 g/mol. The van der Waals surface area contributed by atoms with Gasteiger partial charge in [0.2, 0.25) is 0 Å². The minimum Gasteiger partial charge on any atom is -0.489 e. The number of benzene rings is 1. The van der Waals surface area contributed by atoms with Crippen LogP contribution in [0.5, 0.6) is 5.75 Å². The zero-order valence-corrected chi connectivity index (χ0v) is 9.71. The van der Waals surface area contributed by atoms with Crippen LogP contribution in [0.1, 0.15) is 6.92 Å². The molecule has 0 radical (unpaired) electrons. The fraction of sp³-hybridized carbons (Fsp3) is 0.455. The first-order valence-corrected chi connectivity index (χ1v) is 5.05. The van der Waals surface area contributed by atoms with Crippen molar-refractivity contribution in [2.75, 3.05) is 20.6 Å². The van der Waals surface area contributed by atoms with Crippen molar-refractivity contribution in [3.05, 3.63) is 34.4 Å². The molecule has 16 heavy (non-hydrogen) atoms. The van der Waals surface area contributed by atoms with Gasteiger partial charge in [-0.2, -0.15) is 0 Å². The smallest absolute Gasteiger partial charge is 0.269 e. The quantitative estimate of drug-likeness (QED) is 0.566. The number of nitro benzene ring substituents is 1. The van der Waals surface area contributed by atoms with Crippen molar-refractivity contribution in [3.63, 3.8) is 0 Å². The highest BCUT2D eigenvalue weighted by molar-refractivity contribution is 5.36. The van der Waals surface area contributed by atoms with E-state index in [1.807, 2.05) is 25.9 Å². The van der Waals surface area contributed by atoms with Crippen LogP contribution < -0.4 is 4.74 Å². The first-order chi connectivity index (χ1) is 7.49. The molecule has 1 atom stereocenters. The van der Waals surface area contributed by atoms with E-state index < -0.39 is 4.92 Å². The Kier molecular flexibility index (Phi) is 4.25. The molecule has 0 aliphatic rings. The molecule has 1 rings (SSSR count). The first-order valence-electron chi connectivity index (χ1n) is 5.05. The molecule has 0 spiro atoms. The molecule has 0 saturated carbocycles. The topological polar surface area (TPSA) is 55.6 Å². The average molecular weight is 224 g/mol. The van der Waals surface area contributed by atoms with Gasteiger partial charge in [-0.05, 0) is 33.2 Å². The van der Waals surface area contributed by atoms with Crippen LogP contribution in [0.3, 0.4) is 0 Å². The maximum absolute atomic E-state index is 10.4. The summed E-state index contributed by atoms with van der Waals surface area (Å²) in [6.45, 7) is 2.76. The number of likely N-dealkylation sites (N-methyl/N-ethyl adjacent to an activating group) is 1. The highest BCUT2D eigenvalue weighted by Gasteiger charge is 2.07. The summed E-state index contributed by atoms with van der Waals surface area (Å²) in [5, 5.41) is 10.4. The largest absolute Gasteiger partial charge is 0.489 e. The molecule has 0 fully saturated rings. The molecule has 0 aromatic heterocycles. The Hall–Kier alpha value is -1.62. The second-order valence-corrected chi connectivity index (χ2v) is 3.94. The Morgan fingerprint density at radius 1 is 1.38 bits per heavy atom. The second-order valence-electron chi connectivity index (χ2n) is 3.94. The van der Waals surface area contributed by atoms with Crippen LogP contribution in [0.15, 0.2) is 24.3 Å². The van der Waals surface area contributed by atoms with E-state index in [2.05, 4.69) is 0 Å². The lowest BCUT2D eigenvalue weighted by Crippen LogP contribution is -2.27. The van der Waals surface area contributed by atoms with Crippen LogP contribution in [0.4, 0.5) is 5.69 Å². The number of hydrogen-bond donors (Lipinski definition) is 0. The Morgan fingerprint density at radius 2 is 1.94 bits per heavy atom. The van der Waals surface area contributed by atoms with Gasteiger partial charge in [0, 0.05) is 18.7 Å². The van der Waals surface area contributed by atoms with Crippen molar-refractivity contribution in [1.82, 2.24) is 4.90 Å². The fourth-order valence-corrected chi connectivity index (χ4v) is 1.43. The van der Waals surface area contributed by atoms with Gasteiger partial charge in [0.25, 0.3) is 5.69 Å². The molecule has 5 heteroatoms. The Balaban J connectivity index is 2.58. The molecule has 0 aliphatic heterocycles. The SMILES string of the molecule is CC(CN(C)C)Oc1ccc([N+](=O)[O-])cc1. The summed E-state index contributed by atoms with van der Waals surface area (Å²) in [7, 11) is 3.94. The third-order valence-corrected chi connectivity index (χ3v) is 2.01. The summed E-state index contributed by atoms with van der Waals surface area (Å²) in [6.07, 6.45) is 0.0523. The molecule has 0 heterocycles. The van der Waals surface area contributed by atoms with Crippen molar-refractivity contribution >= 4 is 5.69 Å². The molecule has 0 amide bonds. The lowest BCUT2D eigenvalue weighted by molar-refractivity contribution is -0.384. The molecule has 0 bridgehead atoms. The van der Waals surface area contributed by atoms with Gasteiger partial charge in [-0.15, -0.1) is 0 Å². The van der Waals surface area contributed by atoms with Crippen molar-refractivity contribution in [2.45, 2.75) is 13.0 Å². The third kappa shape index (κ3) is 3.86. The van der Waals surface area contributed by atoms with Gasteiger partial charge in [0.1, 0.15) is 11.9 Å². The van der Waals surface area contributed by atoms with Gasteiger partial charge >= 0.3 is 0 Å². The van der Waals surface area contributed by atoms with Crippen molar-refractivity contribution in [1.29, 1.82) is 0 Å². The van der Waals surface area contributed by atoms with Crippen molar-refractivity contribution < 1.29 is 9.66 Å². The molecule has 1 aromatic rings. The summed E-state index contributed by atoms with van der Waals surface area (Å²) >= 11 is 0. The summed E-state index contributed by atoms with van der Waals surface area (Å²) < 4.78 is 5.60. The highest BCUT2D eigenvalue weighted by atomic mass is 16.6. The van der Waals surface area contributed by atoms with E-state index in [0.717, 1.165) is 6.54 Å². The first kappa shape index (κ1) is 12.4. The minimum absolute atomic E-state index is 0.0523. The van der Waals surface area contributed by atoms with Gasteiger partial charge in [0.05, 0.1) is 4.92 Å². The second kappa shape index (κ2) is 5.46. The Bertz CT molecular complexity index is 349. The minimum atomic E-state index is -0.424. The Morgan fingerprint density at radius 3 is 2.38 bits per heavy atom. The number of nitro groups is 1. The van der Waals surface area contributed by atoms with Gasteiger partial charge in [-0.3, -0.25) is 10.1 Å². The van der Waals surface area contributed by atoms with E-state index in [0.29, 0.717) is 5.75 Å². The number of ether oxygens (including phenoxy) is 1. The number of rotatable bonds is 5. The van der Waals surface area contributed by atoms with Crippen LogP contribution in [-0.2, 0) is 0 Å². The summed E-state index contributed by atoms with van der Waals surface area (Å²) in [5.41, 5.74) is 0.0765. The standard InChI is InChI=1S/C11H16N2O3/c1-9(8-12(2)3)16-11-6-4-10(5-7-11)13(14)15/h4-7,9H,8H2,1-3H3. The van der Waals surface area contributed by atoms with E-state index in [-0.39, 0.29) is 11.8 Å². The molecule has 0 saturated heterocycles. The number of hydrogen-bond acceptors (Lipinski definition) is 4. The lowest BCUT2D eigenvalue weighted by atomic mass is 10.3. The number of non-ortho nitro benzene ring substituents is 1. The van der Waals surface area contributed by atoms with Crippen LogP contribution in [0.25, 0.3) is 0 Å².